The van der Waals surface area contributed by atoms with Gasteiger partial charge in [0, 0.05) is 0 Å². The third-order valence-corrected chi connectivity index (χ3v) is 2.75. The van der Waals surface area contributed by atoms with Gasteiger partial charge in [-0.15, -0.1) is 13.2 Å². The molecule has 0 heterocycles. The highest BCUT2D eigenvalue weighted by molar-refractivity contribution is 5.55. The normalized spacial score (nSPS) is 20.0. The monoisotopic (exact) mass is 206 g/mol. The van der Waals surface area contributed by atoms with Crippen molar-refractivity contribution in [1.29, 1.82) is 0 Å². The molecule has 0 amide bonds. The lowest BCUT2D eigenvalue weighted by Gasteiger charge is -1.99. The van der Waals surface area contributed by atoms with Gasteiger partial charge >= 0.3 is 0 Å². The van der Waals surface area contributed by atoms with E-state index in [4.69, 9.17) is 0 Å². The fourth-order valence-corrected chi connectivity index (χ4v) is 1.94. The lowest BCUT2D eigenvalue weighted by molar-refractivity contribution is 1.02. The van der Waals surface area contributed by atoms with Gasteiger partial charge in [-0.05, 0) is 50.3 Å². The Bertz CT molecular complexity index is 274. The van der Waals surface area contributed by atoms with Crippen molar-refractivity contribution in [3.05, 3.63) is 47.6 Å². The molecule has 0 aliphatic heterocycles. The van der Waals surface area contributed by atoms with E-state index in [-0.39, 0.29) is 7.43 Å². The van der Waals surface area contributed by atoms with Crippen molar-refractivity contribution in [2.24, 2.45) is 0 Å². The molecule has 0 aromatic carbocycles. The zero-order chi connectivity index (χ0) is 11.1. The Morgan fingerprint density at radius 1 is 1.20 bits per heavy atom. The molecule has 1 aliphatic carbocycles. The van der Waals surface area contributed by atoms with Crippen LogP contribution >= 0.6 is 0 Å². The number of rotatable bonds is 1. The first kappa shape index (κ1) is 16.4. The maximum absolute atomic E-state index is 3.00. The number of allylic oxidation sites excluding steroid dienone is 6. The first-order valence-electron chi connectivity index (χ1n) is 5.25. The van der Waals surface area contributed by atoms with E-state index in [0.29, 0.717) is 0 Å². The van der Waals surface area contributed by atoms with E-state index in [1.54, 1.807) is 5.57 Å². The Balaban J connectivity index is 0. The highest BCUT2D eigenvalue weighted by atomic mass is 14.2. The molecule has 1 aliphatic rings. The van der Waals surface area contributed by atoms with E-state index in [1.807, 2.05) is 0 Å². The molecule has 0 unspecified atom stereocenters. The molecule has 0 spiro atoms. The summed E-state index contributed by atoms with van der Waals surface area (Å²) in [7, 11) is 0. The topological polar surface area (TPSA) is 0 Å². The zero-order valence-corrected chi connectivity index (χ0v) is 9.98. The Kier molecular flexibility index (Phi) is 9.05. The summed E-state index contributed by atoms with van der Waals surface area (Å²) >= 11 is 0. The summed E-state index contributed by atoms with van der Waals surface area (Å²) in [6, 6.07) is 0. The second-order valence-electron chi connectivity index (χ2n) is 3.28. The molecule has 0 N–H and O–H groups in total. The van der Waals surface area contributed by atoms with Crippen LogP contribution in [-0.4, -0.2) is 0 Å². The summed E-state index contributed by atoms with van der Waals surface area (Å²) in [6.45, 7) is 14.7. The van der Waals surface area contributed by atoms with Crippen LogP contribution in [0.2, 0.25) is 0 Å². The van der Waals surface area contributed by atoms with E-state index in [1.165, 1.54) is 29.6 Å². The largest absolute Gasteiger partial charge is 0.106 e. The summed E-state index contributed by atoms with van der Waals surface area (Å²) in [5, 5.41) is 0. The predicted molar refractivity (Wildman–Crippen MR) is 73.1 cm³/mol. The summed E-state index contributed by atoms with van der Waals surface area (Å²) in [6.07, 6.45) is 6.84. The van der Waals surface area contributed by atoms with Crippen molar-refractivity contribution < 1.29 is 0 Å². The van der Waals surface area contributed by atoms with E-state index in [2.05, 4.69) is 53.0 Å². The fraction of sp³-hybridized carbons (Fsp3) is 0.467. The van der Waals surface area contributed by atoms with Crippen LogP contribution in [0.5, 0.6) is 0 Å². The molecule has 0 bridgehead atoms. The van der Waals surface area contributed by atoms with Gasteiger partial charge in [0.25, 0.3) is 0 Å². The lowest BCUT2D eigenvalue weighted by Crippen LogP contribution is -1.80. The van der Waals surface area contributed by atoms with Crippen LogP contribution in [0.25, 0.3) is 0 Å². The third-order valence-electron chi connectivity index (χ3n) is 2.75. The van der Waals surface area contributed by atoms with Crippen molar-refractivity contribution in [2.75, 3.05) is 0 Å². The minimum Gasteiger partial charge on any atom is -0.106 e. The third kappa shape index (κ3) is 3.54. The molecule has 0 heteroatoms. The van der Waals surface area contributed by atoms with Gasteiger partial charge in [0.1, 0.15) is 0 Å². The summed E-state index contributed by atoms with van der Waals surface area (Å²) < 4.78 is 0. The maximum atomic E-state index is 3.00. The van der Waals surface area contributed by atoms with Crippen LogP contribution in [0.15, 0.2) is 47.6 Å². The zero-order valence-electron chi connectivity index (χ0n) is 9.98. The average Bonchev–Trinajstić information content (AvgIpc) is 2.57. The SMILES string of the molecule is C.C/C=C1/CC(CC)=C(C)/C1=C/C.C=C. The molecule has 0 atom stereocenters. The second-order valence-corrected chi connectivity index (χ2v) is 3.28. The first-order valence-corrected chi connectivity index (χ1v) is 5.25. The number of hydrogen-bond donors (Lipinski definition) is 0. The summed E-state index contributed by atoms with van der Waals surface area (Å²) in [5.41, 5.74) is 6.09. The standard InChI is InChI=1S/C12H18.C2H4.CH4/c1-5-10-8-11(6-2)12(7-3)9(10)4;1-2;/h6-7H,5,8H2,1-4H3;1-2H2;1H4/b11-6-,12-7-;;. The molecule has 0 saturated carbocycles. The Hall–Kier alpha value is -1.04. The number of hydrogen-bond acceptors (Lipinski definition) is 0. The van der Waals surface area contributed by atoms with Gasteiger partial charge in [0.2, 0.25) is 0 Å². The van der Waals surface area contributed by atoms with Gasteiger partial charge in [0.15, 0.2) is 0 Å². The highest BCUT2D eigenvalue weighted by Gasteiger charge is 2.17. The van der Waals surface area contributed by atoms with E-state index < -0.39 is 0 Å². The van der Waals surface area contributed by atoms with Crippen molar-refractivity contribution in [1.82, 2.24) is 0 Å². The van der Waals surface area contributed by atoms with Crippen molar-refractivity contribution in [3.63, 3.8) is 0 Å². The summed E-state index contributed by atoms with van der Waals surface area (Å²) in [5.74, 6) is 0. The predicted octanol–water partition coefficient (Wildman–Crippen LogP) is 5.45. The van der Waals surface area contributed by atoms with Crippen LogP contribution < -0.4 is 0 Å². The van der Waals surface area contributed by atoms with Crippen LogP contribution in [0.4, 0.5) is 0 Å². The molecule has 0 nitrogen and oxygen atoms in total. The van der Waals surface area contributed by atoms with Gasteiger partial charge < -0.3 is 0 Å². The molecule has 1 rings (SSSR count). The molecule has 86 valence electrons. The van der Waals surface area contributed by atoms with Crippen molar-refractivity contribution >= 4 is 0 Å². The summed E-state index contributed by atoms with van der Waals surface area (Å²) in [4.78, 5) is 0. The molecular weight excluding hydrogens is 180 g/mol. The quantitative estimate of drug-likeness (QED) is 0.501. The van der Waals surface area contributed by atoms with Gasteiger partial charge in [-0.1, -0.05) is 32.1 Å². The van der Waals surface area contributed by atoms with Crippen LogP contribution in [0.3, 0.4) is 0 Å². The first-order chi connectivity index (χ1) is 6.74. The highest BCUT2D eigenvalue weighted by Crippen LogP contribution is 2.36. The molecule has 0 saturated heterocycles. The van der Waals surface area contributed by atoms with Gasteiger partial charge in [-0.25, -0.2) is 0 Å². The molecular formula is C15H26. The smallest absolute Gasteiger partial charge is 0.00586 e. The van der Waals surface area contributed by atoms with Crippen molar-refractivity contribution in [3.8, 4) is 0 Å². The Morgan fingerprint density at radius 3 is 2.00 bits per heavy atom. The molecule has 0 radical (unpaired) electrons. The van der Waals surface area contributed by atoms with E-state index >= 15 is 0 Å². The average molecular weight is 206 g/mol. The van der Waals surface area contributed by atoms with Crippen LogP contribution in [0.1, 0.15) is 48.0 Å². The molecule has 0 aromatic heterocycles. The molecule has 0 aromatic rings. The van der Waals surface area contributed by atoms with Crippen LogP contribution in [-0.2, 0) is 0 Å². The lowest BCUT2D eigenvalue weighted by atomic mass is 10.1. The maximum Gasteiger partial charge on any atom is -0.00586 e. The van der Waals surface area contributed by atoms with Crippen molar-refractivity contribution in [2.45, 2.75) is 48.0 Å². The fourth-order valence-electron chi connectivity index (χ4n) is 1.94. The minimum absolute atomic E-state index is 0. The molecule has 15 heavy (non-hydrogen) atoms. The van der Waals surface area contributed by atoms with Crippen LogP contribution in [0, 0.1) is 0 Å². The van der Waals surface area contributed by atoms with Gasteiger partial charge in [-0.2, -0.15) is 0 Å². The van der Waals surface area contributed by atoms with E-state index in [0.717, 1.165) is 0 Å². The molecule has 0 fully saturated rings. The minimum atomic E-state index is 0. The van der Waals surface area contributed by atoms with E-state index in [9.17, 15) is 0 Å². The second kappa shape index (κ2) is 8.28. The van der Waals surface area contributed by atoms with Gasteiger partial charge in [-0.3, -0.25) is 0 Å². The van der Waals surface area contributed by atoms with Gasteiger partial charge in [0.05, 0.1) is 0 Å². The Labute approximate surface area is 96.1 Å². The Morgan fingerprint density at radius 2 is 1.73 bits per heavy atom.